The highest BCUT2D eigenvalue weighted by atomic mass is 16.5. The minimum absolute atomic E-state index is 0.334. The molecular formula is C23H25N5O5. The largest absolute Gasteiger partial charge is 0.497 e. The quantitative estimate of drug-likeness (QED) is 0.564. The van der Waals surface area contributed by atoms with E-state index in [1.165, 1.54) is 13.4 Å². The molecule has 1 amide bonds. The van der Waals surface area contributed by atoms with Crippen LogP contribution in [0.3, 0.4) is 0 Å². The zero-order valence-corrected chi connectivity index (χ0v) is 19.0. The summed E-state index contributed by atoms with van der Waals surface area (Å²) in [6, 6.07) is 9.98. The third-order valence-corrected chi connectivity index (χ3v) is 5.43. The van der Waals surface area contributed by atoms with Crippen molar-refractivity contribution in [2.24, 2.45) is 0 Å². The van der Waals surface area contributed by atoms with Gasteiger partial charge in [0.15, 0.2) is 0 Å². The number of methoxy groups -OCH3 is 4. The van der Waals surface area contributed by atoms with Gasteiger partial charge in [-0.25, -0.2) is 4.68 Å². The van der Waals surface area contributed by atoms with Gasteiger partial charge in [-0.15, -0.1) is 0 Å². The molecule has 10 heteroatoms. The minimum Gasteiger partial charge on any atom is -0.497 e. The van der Waals surface area contributed by atoms with Gasteiger partial charge in [0.05, 0.1) is 39.7 Å². The molecule has 10 nitrogen and oxygen atoms in total. The molecule has 1 atom stereocenters. The summed E-state index contributed by atoms with van der Waals surface area (Å²) >= 11 is 0. The van der Waals surface area contributed by atoms with Gasteiger partial charge in [0.1, 0.15) is 35.4 Å². The second-order valence-electron chi connectivity index (χ2n) is 7.22. The van der Waals surface area contributed by atoms with Crippen molar-refractivity contribution in [3.8, 4) is 23.0 Å². The fraction of sp³-hybridized carbons (Fsp3) is 0.261. The first kappa shape index (κ1) is 22.0. The lowest BCUT2D eigenvalue weighted by Gasteiger charge is -2.30. The van der Waals surface area contributed by atoms with Crippen LogP contribution in [0.4, 0.5) is 11.6 Å². The van der Waals surface area contributed by atoms with E-state index in [0.717, 1.165) is 0 Å². The van der Waals surface area contributed by atoms with Gasteiger partial charge < -0.3 is 29.6 Å². The molecule has 0 fully saturated rings. The molecule has 2 aromatic carbocycles. The molecule has 0 radical (unpaired) electrons. The Hall–Kier alpha value is -4.21. The van der Waals surface area contributed by atoms with Crippen LogP contribution in [0, 0.1) is 0 Å². The highest BCUT2D eigenvalue weighted by molar-refractivity contribution is 6.06. The van der Waals surface area contributed by atoms with Gasteiger partial charge in [0.25, 0.3) is 5.91 Å². The summed E-state index contributed by atoms with van der Waals surface area (Å²) in [5, 5.41) is 10.5. The summed E-state index contributed by atoms with van der Waals surface area (Å²) in [7, 11) is 6.26. The molecule has 0 saturated heterocycles. The fourth-order valence-corrected chi connectivity index (χ4v) is 3.82. The molecule has 0 bridgehead atoms. The van der Waals surface area contributed by atoms with Crippen molar-refractivity contribution in [3.05, 3.63) is 59.6 Å². The maximum absolute atomic E-state index is 13.6. The number of hydrogen-bond acceptors (Lipinski definition) is 8. The molecule has 4 rings (SSSR count). The fourth-order valence-electron chi connectivity index (χ4n) is 3.82. The maximum Gasteiger partial charge on any atom is 0.255 e. The molecule has 0 saturated carbocycles. The Kier molecular flexibility index (Phi) is 6.07. The lowest BCUT2D eigenvalue weighted by Crippen LogP contribution is -2.31. The zero-order chi connectivity index (χ0) is 23.5. The first-order chi connectivity index (χ1) is 16.0. The number of ether oxygens (including phenoxy) is 4. The molecule has 1 aliphatic rings. The number of nitrogens with one attached hydrogen (secondary N) is 2. The summed E-state index contributed by atoms with van der Waals surface area (Å²) in [5.41, 5.74) is 2.29. The lowest BCUT2D eigenvalue weighted by molar-refractivity contribution is -0.113. The minimum atomic E-state index is -0.613. The van der Waals surface area contributed by atoms with Crippen molar-refractivity contribution in [3.63, 3.8) is 0 Å². The van der Waals surface area contributed by atoms with Crippen LogP contribution < -0.4 is 29.6 Å². The number of carbonyl (C=O) groups excluding carboxylic acids is 1. The Balaban J connectivity index is 1.80. The van der Waals surface area contributed by atoms with E-state index in [-0.39, 0.29) is 5.91 Å². The van der Waals surface area contributed by atoms with E-state index in [2.05, 4.69) is 20.7 Å². The van der Waals surface area contributed by atoms with Crippen LogP contribution in [0.5, 0.6) is 23.0 Å². The van der Waals surface area contributed by atoms with Gasteiger partial charge in [-0.2, -0.15) is 10.1 Å². The number of fused-ring (bicyclic) bond motifs is 1. The van der Waals surface area contributed by atoms with Crippen molar-refractivity contribution in [1.29, 1.82) is 0 Å². The number of aromatic nitrogens is 3. The Labute approximate surface area is 191 Å². The van der Waals surface area contributed by atoms with E-state index in [0.29, 0.717) is 51.5 Å². The summed E-state index contributed by atoms with van der Waals surface area (Å²) in [6.07, 6.45) is 1.43. The number of benzene rings is 2. The predicted octanol–water partition coefficient (Wildman–Crippen LogP) is 3.24. The Morgan fingerprint density at radius 3 is 2.36 bits per heavy atom. The summed E-state index contributed by atoms with van der Waals surface area (Å²) < 4.78 is 23.4. The molecule has 0 aliphatic carbocycles. The van der Waals surface area contributed by atoms with E-state index in [9.17, 15) is 4.79 Å². The van der Waals surface area contributed by atoms with Crippen molar-refractivity contribution < 1.29 is 23.7 Å². The first-order valence-corrected chi connectivity index (χ1v) is 10.1. The van der Waals surface area contributed by atoms with Crippen molar-refractivity contribution in [1.82, 2.24) is 14.8 Å². The van der Waals surface area contributed by atoms with Crippen LogP contribution in [0.15, 0.2) is 54.0 Å². The molecule has 172 valence electrons. The molecule has 0 spiro atoms. The topological polar surface area (TPSA) is 109 Å². The Morgan fingerprint density at radius 2 is 1.67 bits per heavy atom. The van der Waals surface area contributed by atoms with Crippen LogP contribution in [-0.2, 0) is 4.79 Å². The second-order valence-corrected chi connectivity index (χ2v) is 7.22. The summed E-state index contributed by atoms with van der Waals surface area (Å²) in [4.78, 5) is 17.9. The van der Waals surface area contributed by atoms with Crippen LogP contribution in [0.25, 0.3) is 0 Å². The molecule has 33 heavy (non-hydrogen) atoms. The number of allylic oxidation sites excluding steroid dienone is 1. The normalized spacial score (nSPS) is 14.8. The smallest absolute Gasteiger partial charge is 0.255 e. The average molecular weight is 451 g/mol. The number of anilines is 2. The number of carbonyl (C=O) groups is 1. The highest BCUT2D eigenvalue weighted by Gasteiger charge is 2.35. The van der Waals surface area contributed by atoms with Gasteiger partial charge in [-0.05, 0) is 37.3 Å². The monoisotopic (exact) mass is 451 g/mol. The van der Waals surface area contributed by atoms with Gasteiger partial charge >= 0.3 is 0 Å². The van der Waals surface area contributed by atoms with E-state index in [1.54, 1.807) is 56.3 Å². The van der Waals surface area contributed by atoms with Crippen LogP contribution in [0.1, 0.15) is 18.5 Å². The number of rotatable bonds is 7. The summed E-state index contributed by atoms with van der Waals surface area (Å²) in [6.45, 7) is 1.82. The van der Waals surface area contributed by atoms with Crippen molar-refractivity contribution in [2.45, 2.75) is 13.0 Å². The molecule has 2 heterocycles. The number of hydrogen-bond donors (Lipinski definition) is 2. The van der Waals surface area contributed by atoms with Gasteiger partial charge in [0.2, 0.25) is 5.95 Å². The molecule has 1 aromatic heterocycles. The van der Waals surface area contributed by atoms with Crippen LogP contribution in [-0.4, -0.2) is 49.1 Å². The third-order valence-electron chi connectivity index (χ3n) is 5.43. The zero-order valence-electron chi connectivity index (χ0n) is 19.0. The number of nitrogens with zero attached hydrogens (tertiary/aromatic N) is 3. The third kappa shape index (κ3) is 4.02. The van der Waals surface area contributed by atoms with E-state index in [1.807, 2.05) is 13.0 Å². The molecule has 1 aliphatic heterocycles. The Morgan fingerprint density at radius 1 is 0.970 bits per heavy atom. The molecule has 1 unspecified atom stereocenters. The first-order valence-electron chi connectivity index (χ1n) is 10.1. The molecule has 3 aromatic rings. The molecular weight excluding hydrogens is 426 g/mol. The average Bonchev–Trinajstić information content (AvgIpc) is 3.30. The van der Waals surface area contributed by atoms with Gasteiger partial charge in [-0.1, -0.05) is 0 Å². The Bertz CT molecular complexity index is 1220. The van der Waals surface area contributed by atoms with Crippen LogP contribution in [0.2, 0.25) is 0 Å². The van der Waals surface area contributed by atoms with Gasteiger partial charge in [-0.3, -0.25) is 4.79 Å². The molecule has 2 N–H and O–H groups in total. The lowest BCUT2D eigenvalue weighted by atomic mass is 9.94. The number of amides is 1. The van der Waals surface area contributed by atoms with E-state index >= 15 is 0 Å². The second kappa shape index (κ2) is 9.11. The van der Waals surface area contributed by atoms with E-state index in [4.69, 9.17) is 18.9 Å². The summed E-state index contributed by atoms with van der Waals surface area (Å²) in [5.74, 6) is 2.48. The highest BCUT2D eigenvalue weighted by Crippen LogP contribution is 2.41. The maximum atomic E-state index is 13.6. The van der Waals surface area contributed by atoms with Crippen molar-refractivity contribution >= 4 is 17.5 Å². The van der Waals surface area contributed by atoms with Crippen molar-refractivity contribution in [2.75, 3.05) is 39.1 Å². The van der Waals surface area contributed by atoms with E-state index < -0.39 is 6.04 Å². The van der Waals surface area contributed by atoms with Gasteiger partial charge in [0, 0.05) is 17.3 Å². The predicted molar refractivity (Wildman–Crippen MR) is 122 cm³/mol. The SMILES string of the molecule is COc1ccc(NC(=O)C2=C(C)Nc3ncnn3C2c2cc(OC)ccc2OC)c(OC)c1. The van der Waals surface area contributed by atoms with Crippen LogP contribution >= 0.6 is 0 Å². The standard InChI is InChI=1S/C23H25N5O5/c1-13-20(22(29)27-17-8-6-15(31-3)11-19(17)33-5)21(28-23(26-13)24-12-25-28)16-10-14(30-2)7-9-18(16)32-4/h6-12,21H,1-5H3,(H,27,29)(H,24,25,26).